The van der Waals surface area contributed by atoms with Crippen molar-refractivity contribution in [1.82, 2.24) is 14.4 Å². The molecule has 3 amide bonds. The van der Waals surface area contributed by atoms with Gasteiger partial charge in [-0.15, -0.1) is 0 Å². The van der Waals surface area contributed by atoms with Crippen LogP contribution < -0.4 is 5.32 Å². The number of hydrogen-bond donors (Lipinski definition) is 1. The highest BCUT2D eigenvalue weighted by Gasteiger charge is 2.21. The molecule has 0 aliphatic heterocycles. The Morgan fingerprint density at radius 2 is 1.86 bits per heavy atom. The molecule has 1 aromatic heterocycles. The van der Waals surface area contributed by atoms with Gasteiger partial charge in [0.05, 0.1) is 6.54 Å². The number of aromatic nitrogens is 1. The number of aryl methyl sites for hydroxylation is 1. The Morgan fingerprint density at radius 3 is 2.48 bits per heavy atom. The van der Waals surface area contributed by atoms with Crippen molar-refractivity contribution >= 4 is 33.6 Å². The van der Waals surface area contributed by atoms with E-state index in [0.717, 1.165) is 29.4 Å². The fourth-order valence-corrected chi connectivity index (χ4v) is 3.45. The van der Waals surface area contributed by atoms with Crippen LogP contribution in [0.3, 0.4) is 0 Å². The highest BCUT2D eigenvalue weighted by Crippen LogP contribution is 2.16. The smallest absolute Gasteiger partial charge is 0.322 e. The lowest BCUT2D eigenvalue weighted by Gasteiger charge is -2.28. The lowest BCUT2D eigenvalue weighted by Crippen LogP contribution is -2.45. The lowest BCUT2D eigenvalue weighted by molar-refractivity contribution is -0.132. The molecule has 1 heterocycles. The van der Waals surface area contributed by atoms with Crippen LogP contribution >= 0.6 is 15.9 Å². The number of urea groups is 1. The van der Waals surface area contributed by atoms with Gasteiger partial charge in [0, 0.05) is 42.2 Å². The summed E-state index contributed by atoms with van der Waals surface area (Å²) in [6.07, 6.45) is 4.71. The summed E-state index contributed by atoms with van der Waals surface area (Å²) in [4.78, 5) is 29.3. The van der Waals surface area contributed by atoms with E-state index in [-0.39, 0.29) is 18.5 Å². The number of carbonyl (C=O) groups excluding carboxylic acids is 2. The van der Waals surface area contributed by atoms with Gasteiger partial charge in [-0.2, -0.15) is 0 Å². The Bertz CT molecular complexity index is 806. The van der Waals surface area contributed by atoms with Gasteiger partial charge < -0.3 is 19.7 Å². The summed E-state index contributed by atoms with van der Waals surface area (Å²) in [5.74, 6) is -0.0301. The van der Waals surface area contributed by atoms with Gasteiger partial charge in [-0.3, -0.25) is 4.79 Å². The largest absolute Gasteiger partial charge is 0.353 e. The lowest BCUT2D eigenvalue weighted by atomic mass is 10.2. The average Bonchev–Trinajstić information content (AvgIpc) is 3.09. The summed E-state index contributed by atoms with van der Waals surface area (Å²) in [5.41, 5.74) is 1.78. The van der Waals surface area contributed by atoms with E-state index >= 15 is 0 Å². The minimum absolute atomic E-state index is 0.0301. The number of nitrogens with zero attached hydrogens (tertiary/aromatic N) is 3. The van der Waals surface area contributed by atoms with Crippen molar-refractivity contribution in [3.05, 3.63) is 52.8 Å². The van der Waals surface area contributed by atoms with Crippen LogP contribution in [0.4, 0.5) is 10.5 Å². The summed E-state index contributed by atoms with van der Waals surface area (Å²) < 4.78 is 2.91. The quantitative estimate of drug-likeness (QED) is 0.547. The molecule has 0 unspecified atom stereocenters. The maximum atomic E-state index is 13.1. The number of amides is 3. The predicted molar refractivity (Wildman–Crippen MR) is 121 cm³/mol. The van der Waals surface area contributed by atoms with Crippen LogP contribution in [-0.4, -0.2) is 45.9 Å². The van der Waals surface area contributed by atoms with E-state index in [2.05, 4.69) is 28.2 Å². The van der Waals surface area contributed by atoms with Gasteiger partial charge in [0.25, 0.3) is 0 Å². The molecule has 0 atom stereocenters. The van der Waals surface area contributed by atoms with Gasteiger partial charge in [0.15, 0.2) is 0 Å². The van der Waals surface area contributed by atoms with Crippen LogP contribution in [0.1, 0.15) is 38.8 Å². The highest BCUT2D eigenvalue weighted by molar-refractivity contribution is 9.10. The van der Waals surface area contributed by atoms with Crippen molar-refractivity contribution in [2.45, 2.75) is 39.7 Å². The normalized spacial score (nSPS) is 10.6. The van der Waals surface area contributed by atoms with Gasteiger partial charge in [0.2, 0.25) is 5.91 Å². The van der Waals surface area contributed by atoms with Crippen LogP contribution in [0.5, 0.6) is 0 Å². The first-order valence-electron chi connectivity index (χ1n) is 10.1. The molecule has 0 radical (unpaired) electrons. The number of unbranched alkanes of at least 4 members (excludes halogenated alkanes) is 1. The van der Waals surface area contributed by atoms with Crippen molar-refractivity contribution in [1.29, 1.82) is 0 Å². The van der Waals surface area contributed by atoms with Crippen molar-refractivity contribution < 1.29 is 9.59 Å². The second-order valence-electron chi connectivity index (χ2n) is 7.14. The molecule has 0 fully saturated rings. The number of rotatable bonds is 10. The molecule has 0 aliphatic carbocycles. The van der Waals surface area contributed by atoms with E-state index in [1.54, 1.807) is 4.90 Å². The number of halogens is 1. The summed E-state index contributed by atoms with van der Waals surface area (Å²) in [6.45, 7) is 5.95. The second kappa shape index (κ2) is 11.7. The number of benzene rings is 1. The van der Waals surface area contributed by atoms with Crippen LogP contribution in [0, 0.1) is 0 Å². The van der Waals surface area contributed by atoms with Crippen LogP contribution in [0.25, 0.3) is 0 Å². The van der Waals surface area contributed by atoms with Crippen molar-refractivity contribution in [3.8, 4) is 0 Å². The SMILES string of the molecule is CCCCN(Cc1cccn1C)C(=O)CN(CCC)C(=O)Nc1cccc(Br)c1. The predicted octanol–water partition coefficient (Wildman–Crippen LogP) is 4.86. The fourth-order valence-electron chi connectivity index (χ4n) is 3.05. The number of nitrogens with one attached hydrogen (secondary N) is 1. The molecule has 1 aromatic carbocycles. The van der Waals surface area contributed by atoms with Crippen LogP contribution in [0.2, 0.25) is 0 Å². The third kappa shape index (κ3) is 7.24. The van der Waals surface area contributed by atoms with Gasteiger partial charge >= 0.3 is 6.03 Å². The van der Waals surface area contributed by atoms with Crippen LogP contribution in [-0.2, 0) is 18.4 Å². The molecule has 2 aromatic rings. The molecular formula is C22H31BrN4O2. The van der Waals surface area contributed by atoms with Crippen molar-refractivity contribution in [2.24, 2.45) is 7.05 Å². The Morgan fingerprint density at radius 1 is 1.07 bits per heavy atom. The molecule has 29 heavy (non-hydrogen) atoms. The molecule has 0 saturated carbocycles. The third-order valence-corrected chi connectivity index (χ3v) is 5.21. The molecule has 6 nitrogen and oxygen atoms in total. The molecule has 2 rings (SSSR count). The first-order valence-corrected chi connectivity index (χ1v) is 10.9. The van der Waals surface area contributed by atoms with E-state index in [0.29, 0.717) is 25.3 Å². The van der Waals surface area contributed by atoms with Gasteiger partial charge in [-0.05, 0) is 43.2 Å². The summed E-state index contributed by atoms with van der Waals surface area (Å²) in [5, 5.41) is 2.89. The minimum Gasteiger partial charge on any atom is -0.353 e. The Balaban J connectivity index is 2.07. The van der Waals surface area contributed by atoms with Crippen LogP contribution in [0.15, 0.2) is 47.1 Å². The first kappa shape index (κ1) is 23.0. The molecule has 0 bridgehead atoms. The standard InChI is InChI=1S/C22H31BrN4O2/c1-4-6-14-26(16-20-11-8-13-25(20)3)21(28)17-27(12-5-2)22(29)24-19-10-7-9-18(23)15-19/h7-11,13,15H,4-6,12,14,16-17H2,1-3H3,(H,24,29). The Hall–Kier alpha value is -2.28. The zero-order valence-electron chi connectivity index (χ0n) is 17.5. The average molecular weight is 463 g/mol. The number of anilines is 1. The zero-order chi connectivity index (χ0) is 21.2. The van der Waals surface area contributed by atoms with Crippen molar-refractivity contribution in [3.63, 3.8) is 0 Å². The first-order chi connectivity index (χ1) is 13.9. The van der Waals surface area contributed by atoms with E-state index in [4.69, 9.17) is 0 Å². The van der Waals surface area contributed by atoms with E-state index in [1.807, 2.05) is 66.0 Å². The molecule has 0 aliphatic rings. The molecule has 0 spiro atoms. The Kier molecular flexibility index (Phi) is 9.25. The van der Waals surface area contributed by atoms with Gasteiger partial charge in [-0.1, -0.05) is 42.3 Å². The molecular weight excluding hydrogens is 432 g/mol. The van der Waals surface area contributed by atoms with Crippen molar-refractivity contribution in [2.75, 3.05) is 25.0 Å². The maximum absolute atomic E-state index is 13.1. The molecule has 7 heteroatoms. The topological polar surface area (TPSA) is 57.6 Å². The highest BCUT2D eigenvalue weighted by atomic mass is 79.9. The summed E-state index contributed by atoms with van der Waals surface area (Å²) in [6, 6.07) is 11.2. The number of carbonyl (C=O) groups is 2. The molecule has 1 N–H and O–H groups in total. The molecule has 0 saturated heterocycles. The third-order valence-electron chi connectivity index (χ3n) is 4.72. The Labute approximate surface area is 182 Å². The van der Waals surface area contributed by atoms with E-state index < -0.39 is 0 Å². The number of hydrogen-bond acceptors (Lipinski definition) is 2. The zero-order valence-corrected chi connectivity index (χ0v) is 19.1. The van der Waals surface area contributed by atoms with Gasteiger partial charge in [0.1, 0.15) is 6.54 Å². The van der Waals surface area contributed by atoms with E-state index in [9.17, 15) is 9.59 Å². The summed E-state index contributed by atoms with van der Waals surface area (Å²) in [7, 11) is 1.98. The summed E-state index contributed by atoms with van der Waals surface area (Å²) >= 11 is 3.41. The van der Waals surface area contributed by atoms with E-state index in [1.165, 1.54) is 0 Å². The monoisotopic (exact) mass is 462 g/mol. The van der Waals surface area contributed by atoms with Gasteiger partial charge in [-0.25, -0.2) is 4.79 Å². The second-order valence-corrected chi connectivity index (χ2v) is 8.06. The minimum atomic E-state index is -0.257. The maximum Gasteiger partial charge on any atom is 0.322 e. The fraction of sp³-hybridized carbons (Fsp3) is 0.455. The molecule has 158 valence electrons.